The third-order valence-corrected chi connectivity index (χ3v) is 3.06. The first-order valence-corrected chi connectivity index (χ1v) is 5.66. The van der Waals surface area contributed by atoms with Crippen molar-refractivity contribution >= 4 is 15.9 Å². The molecule has 0 unspecified atom stereocenters. The van der Waals surface area contributed by atoms with Crippen LogP contribution in [0, 0.1) is 0 Å². The number of ether oxygens (including phenoxy) is 2. The van der Waals surface area contributed by atoms with E-state index in [2.05, 4.69) is 29.8 Å². The molecule has 4 heteroatoms. The Morgan fingerprint density at radius 2 is 2.07 bits per heavy atom. The molecule has 1 aromatic rings. The van der Waals surface area contributed by atoms with Gasteiger partial charge < -0.3 is 14.6 Å². The van der Waals surface area contributed by atoms with Crippen molar-refractivity contribution in [1.29, 1.82) is 0 Å². The number of fused-ring (bicyclic) bond motifs is 1. The van der Waals surface area contributed by atoms with Gasteiger partial charge in [-0.3, -0.25) is 0 Å². The molecule has 3 nitrogen and oxygen atoms in total. The van der Waals surface area contributed by atoms with Gasteiger partial charge in [-0.2, -0.15) is 0 Å². The molecule has 0 aromatic heterocycles. The number of hydrogen-bond acceptors (Lipinski definition) is 3. The number of benzene rings is 1. The molecule has 0 fully saturated rings. The minimum atomic E-state index is 0.0166. The Morgan fingerprint density at radius 3 is 2.67 bits per heavy atom. The summed E-state index contributed by atoms with van der Waals surface area (Å²) in [5.41, 5.74) is 1.93. The third-order valence-electron chi connectivity index (χ3n) is 2.47. The first kappa shape index (κ1) is 10.8. The van der Waals surface area contributed by atoms with Gasteiger partial charge in [-0.05, 0) is 33.5 Å². The standard InChI is InChI=1S/C11H13BrO3/c1-6(2)9-7(4-13)3-8(12)10-11(9)15-5-14-10/h3,6,13H,4-5H2,1-2H3. The molecule has 1 aliphatic heterocycles. The van der Waals surface area contributed by atoms with Gasteiger partial charge in [-0.25, -0.2) is 0 Å². The van der Waals surface area contributed by atoms with Gasteiger partial charge in [0.05, 0.1) is 11.1 Å². The van der Waals surface area contributed by atoms with E-state index in [9.17, 15) is 5.11 Å². The highest BCUT2D eigenvalue weighted by molar-refractivity contribution is 9.10. The summed E-state index contributed by atoms with van der Waals surface area (Å²) < 4.78 is 11.7. The topological polar surface area (TPSA) is 38.7 Å². The van der Waals surface area contributed by atoms with E-state index >= 15 is 0 Å². The molecular weight excluding hydrogens is 260 g/mol. The normalized spacial score (nSPS) is 13.7. The summed E-state index contributed by atoms with van der Waals surface area (Å²) in [6.07, 6.45) is 0. The van der Waals surface area contributed by atoms with Crippen LogP contribution in [-0.2, 0) is 6.61 Å². The molecule has 0 bridgehead atoms. The minimum absolute atomic E-state index is 0.0166. The van der Waals surface area contributed by atoms with E-state index in [1.54, 1.807) is 0 Å². The average molecular weight is 273 g/mol. The van der Waals surface area contributed by atoms with Gasteiger partial charge in [0.25, 0.3) is 0 Å². The first-order valence-electron chi connectivity index (χ1n) is 4.87. The van der Waals surface area contributed by atoms with E-state index < -0.39 is 0 Å². The third kappa shape index (κ3) is 1.72. The molecule has 0 amide bonds. The lowest BCUT2D eigenvalue weighted by Crippen LogP contribution is -1.99. The summed E-state index contributed by atoms with van der Waals surface area (Å²) in [6, 6.07) is 1.89. The number of rotatable bonds is 2. The fraction of sp³-hybridized carbons (Fsp3) is 0.455. The Labute approximate surface area is 97.1 Å². The Balaban J connectivity index is 2.65. The molecule has 2 rings (SSSR count). The van der Waals surface area contributed by atoms with Crippen LogP contribution in [0.5, 0.6) is 11.5 Å². The zero-order valence-corrected chi connectivity index (χ0v) is 10.3. The van der Waals surface area contributed by atoms with Crippen molar-refractivity contribution < 1.29 is 14.6 Å². The van der Waals surface area contributed by atoms with Crippen LogP contribution in [0.25, 0.3) is 0 Å². The molecule has 0 atom stereocenters. The van der Waals surface area contributed by atoms with Gasteiger partial charge in [-0.1, -0.05) is 13.8 Å². The van der Waals surface area contributed by atoms with Crippen molar-refractivity contribution in [3.8, 4) is 11.5 Å². The second kappa shape index (κ2) is 4.02. The molecule has 0 saturated heterocycles. The Hall–Kier alpha value is -0.740. The monoisotopic (exact) mass is 272 g/mol. The van der Waals surface area contributed by atoms with Gasteiger partial charge in [0.2, 0.25) is 6.79 Å². The molecule has 0 aliphatic carbocycles. The number of aliphatic hydroxyl groups excluding tert-OH is 1. The fourth-order valence-corrected chi connectivity index (χ4v) is 2.43. The molecule has 1 aliphatic rings. The summed E-state index contributed by atoms with van der Waals surface area (Å²) in [7, 11) is 0. The van der Waals surface area contributed by atoms with Crippen LogP contribution in [0.3, 0.4) is 0 Å². The van der Waals surface area contributed by atoms with Gasteiger partial charge in [-0.15, -0.1) is 0 Å². The second-order valence-corrected chi connectivity index (χ2v) is 4.66. The zero-order valence-electron chi connectivity index (χ0n) is 8.71. The van der Waals surface area contributed by atoms with Crippen LogP contribution in [0.4, 0.5) is 0 Å². The highest BCUT2D eigenvalue weighted by Crippen LogP contribution is 2.46. The molecule has 0 saturated carbocycles. The lowest BCUT2D eigenvalue weighted by atomic mass is 9.96. The van der Waals surface area contributed by atoms with E-state index in [1.165, 1.54) is 0 Å². The van der Waals surface area contributed by atoms with E-state index in [0.717, 1.165) is 27.1 Å². The van der Waals surface area contributed by atoms with E-state index in [1.807, 2.05) is 6.07 Å². The van der Waals surface area contributed by atoms with Crippen molar-refractivity contribution in [2.24, 2.45) is 0 Å². The highest BCUT2D eigenvalue weighted by Gasteiger charge is 2.25. The van der Waals surface area contributed by atoms with Crippen molar-refractivity contribution in [3.05, 3.63) is 21.7 Å². The Bertz CT molecular complexity index is 388. The van der Waals surface area contributed by atoms with Gasteiger partial charge in [0, 0.05) is 5.56 Å². The van der Waals surface area contributed by atoms with Crippen LogP contribution in [0.15, 0.2) is 10.5 Å². The van der Waals surface area contributed by atoms with Crippen molar-refractivity contribution in [2.45, 2.75) is 26.4 Å². The summed E-state index contributed by atoms with van der Waals surface area (Å²) in [5, 5.41) is 9.31. The second-order valence-electron chi connectivity index (χ2n) is 3.81. The minimum Gasteiger partial charge on any atom is -0.453 e. The van der Waals surface area contributed by atoms with E-state index in [-0.39, 0.29) is 13.4 Å². The number of aliphatic hydroxyl groups is 1. The smallest absolute Gasteiger partial charge is 0.231 e. The zero-order chi connectivity index (χ0) is 11.0. The number of hydrogen-bond donors (Lipinski definition) is 1. The van der Waals surface area contributed by atoms with Crippen LogP contribution in [0.2, 0.25) is 0 Å². The molecule has 0 radical (unpaired) electrons. The molecule has 1 N–H and O–H groups in total. The maximum Gasteiger partial charge on any atom is 0.231 e. The van der Waals surface area contributed by atoms with Gasteiger partial charge in [0.1, 0.15) is 0 Å². The predicted octanol–water partition coefficient (Wildman–Crippen LogP) is 2.79. The quantitative estimate of drug-likeness (QED) is 0.900. The maximum atomic E-state index is 9.31. The van der Waals surface area contributed by atoms with Gasteiger partial charge in [0.15, 0.2) is 11.5 Å². The predicted molar refractivity (Wildman–Crippen MR) is 60.3 cm³/mol. The Morgan fingerprint density at radius 1 is 1.40 bits per heavy atom. The largest absolute Gasteiger partial charge is 0.453 e. The molecular formula is C11H13BrO3. The lowest BCUT2D eigenvalue weighted by molar-refractivity contribution is 0.172. The molecule has 82 valence electrons. The molecule has 0 spiro atoms. The molecule has 1 heterocycles. The van der Waals surface area contributed by atoms with Crippen LogP contribution < -0.4 is 9.47 Å². The fourth-order valence-electron chi connectivity index (χ4n) is 1.86. The van der Waals surface area contributed by atoms with Crippen LogP contribution >= 0.6 is 15.9 Å². The van der Waals surface area contributed by atoms with Crippen LogP contribution in [-0.4, -0.2) is 11.9 Å². The lowest BCUT2D eigenvalue weighted by Gasteiger charge is -2.14. The van der Waals surface area contributed by atoms with Crippen molar-refractivity contribution in [2.75, 3.05) is 6.79 Å². The first-order chi connectivity index (χ1) is 7.15. The highest BCUT2D eigenvalue weighted by atomic mass is 79.9. The molecule has 1 aromatic carbocycles. The number of halogens is 1. The van der Waals surface area contributed by atoms with Gasteiger partial charge >= 0.3 is 0 Å². The van der Waals surface area contributed by atoms with E-state index in [0.29, 0.717) is 5.92 Å². The van der Waals surface area contributed by atoms with Crippen LogP contribution in [0.1, 0.15) is 30.9 Å². The summed E-state index contributed by atoms with van der Waals surface area (Å²) in [6.45, 7) is 4.42. The summed E-state index contributed by atoms with van der Waals surface area (Å²) in [4.78, 5) is 0. The van der Waals surface area contributed by atoms with Crippen molar-refractivity contribution in [1.82, 2.24) is 0 Å². The van der Waals surface area contributed by atoms with Crippen molar-refractivity contribution in [3.63, 3.8) is 0 Å². The van der Waals surface area contributed by atoms with E-state index in [4.69, 9.17) is 9.47 Å². The maximum absolute atomic E-state index is 9.31. The summed E-state index contributed by atoms with van der Waals surface area (Å²) >= 11 is 3.41. The summed E-state index contributed by atoms with van der Waals surface area (Å²) in [5.74, 6) is 1.81. The average Bonchev–Trinajstić information content (AvgIpc) is 2.65. The Kier molecular flexibility index (Phi) is 2.89. The SMILES string of the molecule is CC(C)c1c(CO)cc(Br)c2c1OCO2. The molecule has 15 heavy (non-hydrogen) atoms.